The molecule has 0 saturated carbocycles. The number of carbonyl (C=O) groups is 2. The highest BCUT2D eigenvalue weighted by Crippen LogP contribution is 2.32. The van der Waals surface area contributed by atoms with Gasteiger partial charge in [-0.25, -0.2) is 4.79 Å². The monoisotopic (exact) mass is 391 g/mol. The first-order valence-electron chi connectivity index (χ1n) is 9.74. The number of hydrogen-bond donors (Lipinski definition) is 1. The second kappa shape index (κ2) is 7.72. The van der Waals surface area contributed by atoms with Crippen LogP contribution in [0.15, 0.2) is 42.5 Å². The van der Waals surface area contributed by atoms with Gasteiger partial charge in [-0.15, -0.1) is 0 Å². The van der Waals surface area contributed by atoms with Gasteiger partial charge in [0, 0.05) is 25.5 Å². The lowest BCUT2D eigenvalue weighted by molar-refractivity contribution is -0.117. The maximum absolute atomic E-state index is 12.9. The molecule has 1 aliphatic rings. The van der Waals surface area contributed by atoms with Crippen LogP contribution in [-0.2, 0) is 29.5 Å². The molecule has 4 rings (SSSR count). The van der Waals surface area contributed by atoms with Crippen molar-refractivity contribution in [2.24, 2.45) is 7.05 Å². The van der Waals surface area contributed by atoms with Crippen molar-refractivity contribution >= 4 is 28.5 Å². The minimum Gasteiger partial charge on any atom is -0.464 e. The molecular formula is C23H25N3O3. The average Bonchev–Trinajstić information content (AvgIpc) is 2.98. The van der Waals surface area contributed by atoms with Crippen molar-refractivity contribution in [1.82, 2.24) is 9.47 Å². The molecule has 29 heavy (non-hydrogen) atoms. The molecule has 0 bridgehead atoms. The van der Waals surface area contributed by atoms with Crippen molar-refractivity contribution in [2.75, 3.05) is 25.5 Å². The fourth-order valence-corrected chi connectivity index (χ4v) is 4.09. The van der Waals surface area contributed by atoms with Crippen LogP contribution in [0.25, 0.3) is 10.9 Å². The molecule has 1 amide bonds. The topological polar surface area (TPSA) is 63.6 Å². The molecule has 0 saturated heterocycles. The number of nitrogens with one attached hydrogen (secondary N) is 1. The van der Waals surface area contributed by atoms with Crippen LogP contribution in [-0.4, -0.2) is 41.5 Å². The number of benzene rings is 2. The summed E-state index contributed by atoms with van der Waals surface area (Å²) in [6, 6.07) is 14.3. The summed E-state index contributed by atoms with van der Waals surface area (Å²) in [4.78, 5) is 27.4. The fourth-order valence-electron chi connectivity index (χ4n) is 4.09. The van der Waals surface area contributed by atoms with E-state index in [1.54, 1.807) is 11.6 Å². The minimum atomic E-state index is -0.469. The van der Waals surface area contributed by atoms with Gasteiger partial charge in [0.2, 0.25) is 5.91 Å². The number of aryl methyl sites for hydroxylation is 2. The van der Waals surface area contributed by atoms with Crippen LogP contribution >= 0.6 is 0 Å². The van der Waals surface area contributed by atoms with Gasteiger partial charge in [-0.1, -0.05) is 35.9 Å². The van der Waals surface area contributed by atoms with Crippen molar-refractivity contribution in [3.63, 3.8) is 0 Å². The largest absolute Gasteiger partial charge is 0.464 e. The summed E-state index contributed by atoms with van der Waals surface area (Å²) in [6.45, 7) is 3.85. The lowest BCUT2D eigenvalue weighted by atomic mass is 10.00. The van der Waals surface area contributed by atoms with Crippen LogP contribution in [0.5, 0.6) is 0 Å². The molecule has 1 aliphatic heterocycles. The highest BCUT2D eigenvalue weighted by atomic mass is 16.5. The Bertz CT molecular complexity index is 1100. The molecule has 0 atom stereocenters. The Kier molecular flexibility index (Phi) is 5.11. The molecule has 0 unspecified atom stereocenters. The minimum absolute atomic E-state index is 0.136. The predicted molar refractivity (Wildman–Crippen MR) is 113 cm³/mol. The van der Waals surface area contributed by atoms with Gasteiger partial charge in [0.05, 0.1) is 24.9 Å². The van der Waals surface area contributed by atoms with Crippen LogP contribution in [0.2, 0.25) is 0 Å². The number of carbonyl (C=O) groups excluding carboxylic acids is 2. The third-order valence-corrected chi connectivity index (χ3v) is 5.58. The summed E-state index contributed by atoms with van der Waals surface area (Å²) in [5.74, 6) is -0.605. The molecule has 0 radical (unpaired) electrons. The van der Waals surface area contributed by atoms with E-state index in [2.05, 4.69) is 28.4 Å². The summed E-state index contributed by atoms with van der Waals surface area (Å²) in [6.07, 6.45) is 0.935. The Balaban J connectivity index is 1.59. The number of ether oxygens (including phenoxy) is 1. The third-order valence-electron chi connectivity index (χ3n) is 5.58. The van der Waals surface area contributed by atoms with Crippen molar-refractivity contribution in [3.05, 3.63) is 64.8 Å². The number of hydrogen-bond acceptors (Lipinski definition) is 4. The van der Waals surface area contributed by atoms with Gasteiger partial charge < -0.3 is 14.6 Å². The first-order chi connectivity index (χ1) is 14.0. The summed E-state index contributed by atoms with van der Waals surface area (Å²) in [5, 5.41) is 3.82. The van der Waals surface area contributed by atoms with Crippen molar-refractivity contribution in [3.8, 4) is 0 Å². The second-order valence-electron chi connectivity index (χ2n) is 7.57. The highest BCUT2D eigenvalue weighted by Gasteiger charge is 2.25. The van der Waals surface area contributed by atoms with Crippen molar-refractivity contribution in [1.29, 1.82) is 0 Å². The Morgan fingerprint density at radius 3 is 2.66 bits per heavy atom. The van der Waals surface area contributed by atoms with Crippen molar-refractivity contribution in [2.45, 2.75) is 19.9 Å². The zero-order chi connectivity index (χ0) is 20.5. The first kappa shape index (κ1) is 19.2. The molecule has 150 valence electrons. The molecule has 1 N–H and O–H groups in total. The average molecular weight is 391 g/mol. The van der Waals surface area contributed by atoms with Crippen molar-refractivity contribution < 1.29 is 14.3 Å². The summed E-state index contributed by atoms with van der Waals surface area (Å²) in [7, 11) is 3.16. The smallest absolute Gasteiger partial charge is 0.356 e. The summed E-state index contributed by atoms with van der Waals surface area (Å²) < 4.78 is 6.74. The molecular weight excluding hydrogens is 366 g/mol. The van der Waals surface area contributed by atoms with Crippen LogP contribution in [0.1, 0.15) is 27.2 Å². The number of anilines is 1. The molecule has 0 fully saturated rings. The maximum Gasteiger partial charge on any atom is 0.356 e. The number of rotatable bonds is 4. The Morgan fingerprint density at radius 2 is 1.90 bits per heavy atom. The van der Waals surface area contributed by atoms with E-state index >= 15 is 0 Å². The Hall–Kier alpha value is -3.12. The molecule has 3 aromatic rings. The zero-order valence-electron chi connectivity index (χ0n) is 17.0. The SMILES string of the molecule is COC(=O)c1c(NC(=O)CN2CCc3ccccc3C2)c2cc(C)ccc2n1C. The van der Waals surface area contributed by atoms with E-state index in [9.17, 15) is 9.59 Å². The van der Waals surface area contributed by atoms with Crippen LogP contribution in [0.3, 0.4) is 0 Å². The summed E-state index contributed by atoms with van der Waals surface area (Å²) >= 11 is 0. The van der Waals surface area contributed by atoms with Gasteiger partial charge >= 0.3 is 5.97 Å². The first-order valence-corrected chi connectivity index (χ1v) is 9.74. The highest BCUT2D eigenvalue weighted by molar-refractivity contribution is 6.11. The normalized spacial score (nSPS) is 13.9. The number of nitrogens with zero attached hydrogens (tertiary/aromatic N) is 2. The van der Waals surface area contributed by atoms with Gasteiger partial charge in [-0.05, 0) is 36.6 Å². The van der Waals surface area contributed by atoms with Gasteiger partial charge in [-0.3, -0.25) is 9.69 Å². The second-order valence-corrected chi connectivity index (χ2v) is 7.57. The van der Waals surface area contributed by atoms with E-state index in [4.69, 9.17) is 4.74 Å². The quantitative estimate of drug-likeness (QED) is 0.694. The molecule has 6 nitrogen and oxygen atoms in total. The van der Waals surface area contributed by atoms with E-state index < -0.39 is 5.97 Å². The van der Waals surface area contributed by atoms with Gasteiger partial charge in [0.15, 0.2) is 5.69 Å². The zero-order valence-corrected chi connectivity index (χ0v) is 17.0. The lowest BCUT2D eigenvalue weighted by Crippen LogP contribution is -2.37. The molecule has 6 heteroatoms. The number of aromatic nitrogens is 1. The summed E-state index contributed by atoms with van der Waals surface area (Å²) in [5.41, 5.74) is 5.41. The number of esters is 1. The number of fused-ring (bicyclic) bond motifs is 2. The third kappa shape index (κ3) is 3.63. The molecule has 0 aliphatic carbocycles. The van der Waals surface area contributed by atoms with E-state index in [0.717, 1.165) is 36.0 Å². The van der Waals surface area contributed by atoms with E-state index in [1.807, 2.05) is 31.2 Å². The van der Waals surface area contributed by atoms with Gasteiger partial charge in [0.1, 0.15) is 0 Å². The maximum atomic E-state index is 12.9. The Labute approximate surface area is 170 Å². The van der Waals surface area contributed by atoms with Gasteiger partial charge in [-0.2, -0.15) is 0 Å². The molecule has 0 spiro atoms. The molecule has 2 aromatic carbocycles. The van der Waals surface area contributed by atoms with E-state index in [-0.39, 0.29) is 12.5 Å². The van der Waals surface area contributed by atoms with E-state index in [1.165, 1.54) is 18.2 Å². The molecule has 2 heterocycles. The van der Waals surface area contributed by atoms with E-state index in [0.29, 0.717) is 11.4 Å². The standard InChI is InChI=1S/C23H25N3O3/c1-15-8-9-19-18(12-15)21(22(25(19)2)23(28)29-3)24-20(27)14-26-11-10-16-6-4-5-7-17(16)13-26/h4-9,12H,10-11,13-14H2,1-3H3,(H,24,27). The predicted octanol–water partition coefficient (Wildman–Crippen LogP) is 3.27. The Morgan fingerprint density at radius 1 is 1.14 bits per heavy atom. The number of amides is 1. The lowest BCUT2D eigenvalue weighted by Gasteiger charge is -2.28. The van der Waals surface area contributed by atoms with Crippen LogP contribution in [0, 0.1) is 6.92 Å². The fraction of sp³-hybridized carbons (Fsp3) is 0.304. The van der Waals surface area contributed by atoms with Crippen LogP contribution in [0.4, 0.5) is 5.69 Å². The molecule has 1 aromatic heterocycles. The van der Waals surface area contributed by atoms with Gasteiger partial charge in [0.25, 0.3) is 0 Å². The van der Waals surface area contributed by atoms with Crippen LogP contribution < -0.4 is 5.32 Å². The number of methoxy groups -OCH3 is 1.